The number of anilines is 1. The van der Waals surface area contributed by atoms with Gasteiger partial charge >= 0.3 is 6.18 Å². The SMILES string of the molecule is CC(C)c1c(C2CCCCC2C(F)(F)F)nn(C)c1N. The molecular weight excluding hydrogens is 267 g/mol. The molecule has 2 N–H and O–H groups in total. The molecular formula is C14H22F3N3. The zero-order chi connectivity index (χ0) is 15.1. The van der Waals surface area contributed by atoms with Crippen molar-refractivity contribution in [2.75, 3.05) is 5.73 Å². The van der Waals surface area contributed by atoms with E-state index in [1.165, 1.54) is 4.68 Å². The van der Waals surface area contributed by atoms with Crippen LogP contribution in [0.15, 0.2) is 0 Å². The van der Waals surface area contributed by atoms with Crippen molar-refractivity contribution < 1.29 is 13.2 Å². The number of hydrogen-bond donors (Lipinski definition) is 1. The smallest absolute Gasteiger partial charge is 0.384 e. The summed E-state index contributed by atoms with van der Waals surface area (Å²) in [5, 5.41) is 4.31. The molecule has 2 rings (SSSR count). The first kappa shape index (κ1) is 15.2. The second kappa shape index (κ2) is 5.30. The molecule has 0 saturated heterocycles. The predicted octanol–water partition coefficient (Wildman–Crippen LogP) is 3.96. The summed E-state index contributed by atoms with van der Waals surface area (Å²) in [6.45, 7) is 3.89. The topological polar surface area (TPSA) is 43.8 Å². The zero-order valence-corrected chi connectivity index (χ0v) is 12.2. The molecule has 0 amide bonds. The van der Waals surface area contributed by atoms with Gasteiger partial charge in [0, 0.05) is 18.5 Å². The number of aromatic nitrogens is 2. The van der Waals surface area contributed by atoms with E-state index >= 15 is 0 Å². The van der Waals surface area contributed by atoms with Crippen LogP contribution in [0, 0.1) is 5.92 Å². The Morgan fingerprint density at radius 2 is 1.85 bits per heavy atom. The Labute approximate surface area is 117 Å². The molecule has 1 fully saturated rings. The van der Waals surface area contributed by atoms with E-state index in [2.05, 4.69) is 5.10 Å². The molecule has 0 spiro atoms. The van der Waals surface area contributed by atoms with Crippen molar-refractivity contribution in [3.05, 3.63) is 11.3 Å². The van der Waals surface area contributed by atoms with Crippen molar-refractivity contribution in [2.45, 2.75) is 57.5 Å². The normalized spacial score (nSPS) is 24.4. The average Bonchev–Trinajstić information content (AvgIpc) is 2.65. The summed E-state index contributed by atoms with van der Waals surface area (Å²) in [6.07, 6.45) is -1.96. The Bertz CT molecular complexity index is 477. The van der Waals surface area contributed by atoms with Gasteiger partial charge in [0.25, 0.3) is 0 Å². The highest BCUT2D eigenvalue weighted by Crippen LogP contribution is 2.48. The number of rotatable bonds is 2. The minimum Gasteiger partial charge on any atom is -0.384 e. The van der Waals surface area contributed by atoms with Crippen molar-refractivity contribution in [3.63, 3.8) is 0 Å². The van der Waals surface area contributed by atoms with E-state index in [0.717, 1.165) is 12.0 Å². The Morgan fingerprint density at radius 1 is 1.25 bits per heavy atom. The average molecular weight is 289 g/mol. The third-order valence-electron chi connectivity index (χ3n) is 4.27. The third-order valence-corrected chi connectivity index (χ3v) is 4.27. The van der Waals surface area contributed by atoms with E-state index in [-0.39, 0.29) is 12.3 Å². The van der Waals surface area contributed by atoms with Gasteiger partial charge < -0.3 is 5.73 Å². The Morgan fingerprint density at radius 3 is 2.40 bits per heavy atom. The quantitative estimate of drug-likeness (QED) is 0.895. The summed E-state index contributed by atoms with van der Waals surface area (Å²) in [5.74, 6) is -1.27. The maximum absolute atomic E-state index is 13.3. The lowest BCUT2D eigenvalue weighted by molar-refractivity contribution is -0.187. The van der Waals surface area contributed by atoms with Gasteiger partial charge in [-0.1, -0.05) is 26.7 Å². The van der Waals surface area contributed by atoms with Gasteiger partial charge in [0.1, 0.15) is 5.82 Å². The number of nitrogens with two attached hydrogens (primary N) is 1. The van der Waals surface area contributed by atoms with Crippen molar-refractivity contribution in [3.8, 4) is 0 Å². The van der Waals surface area contributed by atoms with E-state index < -0.39 is 18.0 Å². The molecule has 6 heteroatoms. The lowest BCUT2D eigenvalue weighted by Crippen LogP contribution is -2.32. The minimum atomic E-state index is -4.16. The van der Waals surface area contributed by atoms with E-state index in [9.17, 15) is 13.2 Å². The molecule has 1 aromatic heterocycles. The standard InChI is InChI=1S/C14H22F3N3/c1-8(2)11-12(19-20(3)13(11)18)9-6-4-5-7-10(9)14(15,16)17/h8-10H,4-7,18H2,1-3H3. The van der Waals surface area contributed by atoms with Crippen LogP contribution < -0.4 is 5.73 Å². The summed E-state index contributed by atoms with van der Waals surface area (Å²) >= 11 is 0. The van der Waals surface area contributed by atoms with Gasteiger partial charge in [0.15, 0.2) is 0 Å². The van der Waals surface area contributed by atoms with Crippen molar-refractivity contribution in [1.82, 2.24) is 9.78 Å². The van der Waals surface area contributed by atoms with Crippen LogP contribution in [-0.2, 0) is 7.05 Å². The number of hydrogen-bond acceptors (Lipinski definition) is 2. The Balaban J connectivity index is 2.45. The number of aryl methyl sites for hydroxylation is 1. The highest BCUT2D eigenvalue weighted by atomic mass is 19.4. The highest BCUT2D eigenvalue weighted by molar-refractivity contribution is 5.47. The number of nitrogen functional groups attached to an aromatic ring is 1. The van der Waals surface area contributed by atoms with E-state index in [1.54, 1.807) is 7.05 Å². The molecule has 114 valence electrons. The van der Waals surface area contributed by atoms with Crippen molar-refractivity contribution in [1.29, 1.82) is 0 Å². The molecule has 20 heavy (non-hydrogen) atoms. The van der Waals surface area contributed by atoms with Gasteiger partial charge in [-0.05, 0) is 18.8 Å². The first-order valence-corrected chi connectivity index (χ1v) is 7.12. The molecule has 1 heterocycles. The molecule has 2 atom stereocenters. The van der Waals surface area contributed by atoms with E-state index in [1.807, 2.05) is 13.8 Å². The molecule has 0 aromatic carbocycles. The fourth-order valence-corrected chi connectivity index (χ4v) is 3.29. The molecule has 1 aliphatic rings. The summed E-state index contributed by atoms with van der Waals surface area (Å²) in [7, 11) is 1.69. The minimum absolute atomic E-state index is 0.0783. The fourth-order valence-electron chi connectivity index (χ4n) is 3.29. The van der Waals surface area contributed by atoms with Crippen LogP contribution in [-0.4, -0.2) is 16.0 Å². The van der Waals surface area contributed by atoms with E-state index in [0.29, 0.717) is 24.4 Å². The molecule has 0 bridgehead atoms. The van der Waals surface area contributed by atoms with Gasteiger partial charge in [-0.25, -0.2) is 0 Å². The molecule has 3 nitrogen and oxygen atoms in total. The second-order valence-electron chi connectivity index (χ2n) is 6.00. The lowest BCUT2D eigenvalue weighted by atomic mass is 9.75. The predicted molar refractivity (Wildman–Crippen MR) is 72.5 cm³/mol. The first-order valence-electron chi connectivity index (χ1n) is 7.12. The van der Waals surface area contributed by atoms with Gasteiger partial charge in [-0.15, -0.1) is 0 Å². The Hall–Kier alpha value is -1.20. The molecule has 0 radical (unpaired) electrons. The summed E-state index contributed by atoms with van der Waals surface area (Å²) in [5.41, 5.74) is 7.33. The van der Waals surface area contributed by atoms with Gasteiger partial charge in [0.2, 0.25) is 0 Å². The maximum atomic E-state index is 13.3. The van der Waals surface area contributed by atoms with Gasteiger partial charge in [0.05, 0.1) is 11.6 Å². The Kier molecular flexibility index (Phi) is 4.02. The first-order chi connectivity index (χ1) is 9.23. The van der Waals surface area contributed by atoms with Gasteiger partial charge in [-0.2, -0.15) is 18.3 Å². The molecule has 1 aromatic rings. The van der Waals surface area contributed by atoms with Crippen LogP contribution in [0.4, 0.5) is 19.0 Å². The maximum Gasteiger partial charge on any atom is 0.392 e. The molecule has 0 aliphatic heterocycles. The number of halogens is 3. The summed E-state index contributed by atoms with van der Waals surface area (Å²) < 4.78 is 41.3. The van der Waals surface area contributed by atoms with Crippen LogP contribution >= 0.6 is 0 Å². The molecule has 1 saturated carbocycles. The third kappa shape index (κ3) is 2.65. The largest absolute Gasteiger partial charge is 0.392 e. The monoisotopic (exact) mass is 289 g/mol. The van der Waals surface area contributed by atoms with Crippen LogP contribution in [0.1, 0.15) is 62.6 Å². The summed E-state index contributed by atoms with van der Waals surface area (Å²) in [4.78, 5) is 0. The van der Waals surface area contributed by atoms with Crippen LogP contribution in [0.3, 0.4) is 0 Å². The fraction of sp³-hybridized carbons (Fsp3) is 0.786. The second-order valence-corrected chi connectivity index (χ2v) is 6.00. The van der Waals surface area contributed by atoms with Crippen LogP contribution in [0.25, 0.3) is 0 Å². The van der Waals surface area contributed by atoms with E-state index in [4.69, 9.17) is 5.73 Å². The number of nitrogens with zero attached hydrogens (tertiary/aromatic N) is 2. The van der Waals surface area contributed by atoms with Crippen molar-refractivity contribution in [2.24, 2.45) is 13.0 Å². The number of alkyl halides is 3. The van der Waals surface area contributed by atoms with Gasteiger partial charge in [-0.3, -0.25) is 4.68 Å². The lowest BCUT2D eigenvalue weighted by Gasteiger charge is -2.32. The van der Waals surface area contributed by atoms with Crippen molar-refractivity contribution >= 4 is 5.82 Å². The molecule has 2 unspecified atom stereocenters. The highest BCUT2D eigenvalue weighted by Gasteiger charge is 2.47. The zero-order valence-electron chi connectivity index (χ0n) is 12.2. The molecule has 1 aliphatic carbocycles. The van der Waals surface area contributed by atoms with Crippen LogP contribution in [0.2, 0.25) is 0 Å². The summed E-state index contributed by atoms with van der Waals surface area (Å²) in [6, 6.07) is 0. The van der Waals surface area contributed by atoms with Crippen LogP contribution in [0.5, 0.6) is 0 Å².